The first-order chi connectivity index (χ1) is 7.34. The van der Waals surface area contributed by atoms with Crippen molar-refractivity contribution in [2.24, 2.45) is 11.8 Å². The van der Waals surface area contributed by atoms with E-state index in [1.165, 1.54) is 10.9 Å². The van der Waals surface area contributed by atoms with Gasteiger partial charge in [-0.1, -0.05) is 18.2 Å². The maximum absolute atomic E-state index is 12.0. The van der Waals surface area contributed by atoms with Crippen LogP contribution in [0.2, 0.25) is 0 Å². The fourth-order valence-corrected chi connectivity index (χ4v) is 2.86. The summed E-state index contributed by atoms with van der Waals surface area (Å²) >= 11 is 0. The number of Topliss-reactive ketones (excluding diaryl/α,β-unsaturated/α-hetero) is 1. The summed E-state index contributed by atoms with van der Waals surface area (Å²) in [6.07, 6.45) is 2.20. The first kappa shape index (κ1) is 7.69. The van der Waals surface area contributed by atoms with Crippen molar-refractivity contribution in [1.29, 1.82) is 0 Å². The topological polar surface area (TPSA) is 32.9 Å². The third kappa shape index (κ3) is 0.870. The third-order valence-electron chi connectivity index (χ3n) is 3.79. The average molecular weight is 197 g/mol. The zero-order valence-corrected chi connectivity index (χ0v) is 8.29. The minimum absolute atomic E-state index is 0.338. The van der Waals surface area contributed by atoms with Gasteiger partial charge in [-0.25, -0.2) is 0 Å². The molecule has 1 aromatic heterocycles. The second kappa shape index (κ2) is 2.32. The summed E-state index contributed by atoms with van der Waals surface area (Å²) in [6.45, 7) is 0. The number of nitrogens with one attached hydrogen (secondary N) is 1. The van der Waals surface area contributed by atoms with E-state index in [0.717, 1.165) is 24.1 Å². The number of hydrogen-bond acceptors (Lipinski definition) is 1. The first-order valence-electron chi connectivity index (χ1n) is 5.48. The molecule has 15 heavy (non-hydrogen) atoms. The molecule has 2 aliphatic carbocycles. The van der Waals surface area contributed by atoms with Crippen LogP contribution in [0.5, 0.6) is 0 Å². The Morgan fingerprint density at radius 1 is 1.27 bits per heavy atom. The monoisotopic (exact) mass is 197 g/mol. The van der Waals surface area contributed by atoms with Crippen LogP contribution in [0.4, 0.5) is 0 Å². The van der Waals surface area contributed by atoms with E-state index in [1.54, 1.807) is 0 Å². The molecule has 2 aromatic rings. The summed E-state index contributed by atoms with van der Waals surface area (Å²) < 4.78 is 0. The first-order valence-corrected chi connectivity index (χ1v) is 5.48. The second-order valence-corrected chi connectivity index (χ2v) is 4.69. The number of aromatic amines is 1. The van der Waals surface area contributed by atoms with Gasteiger partial charge in [0, 0.05) is 16.8 Å². The van der Waals surface area contributed by atoms with E-state index in [2.05, 4.69) is 11.1 Å². The molecule has 0 saturated heterocycles. The van der Waals surface area contributed by atoms with Crippen molar-refractivity contribution < 1.29 is 4.79 Å². The zero-order chi connectivity index (χ0) is 9.99. The van der Waals surface area contributed by atoms with Crippen LogP contribution in [0.15, 0.2) is 24.3 Å². The lowest BCUT2D eigenvalue weighted by Crippen LogP contribution is -2.13. The standard InChI is InChI=1S/C13H11NO/c15-13-9-5-7(9)6-10-8-3-1-2-4-11(8)14-12(10)13/h1-4,7,9,14H,5-6H2. The molecule has 0 radical (unpaired) electrons. The van der Waals surface area contributed by atoms with E-state index in [-0.39, 0.29) is 0 Å². The molecule has 1 aromatic carbocycles. The molecule has 2 atom stereocenters. The van der Waals surface area contributed by atoms with Gasteiger partial charge in [0.25, 0.3) is 0 Å². The van der Waals surface area contributed by atoms with E-state index in [0.29, 0.717) is 17.6 Å². The van der Waals surface area contributed by atoms with Gasteiger partial charge >= 0.3 is 0 Å². The number of benzene rings is 1. The normalized spacial score (nSPS) is 27.6. The lowest BCUT2D eigenvalue weighted by Gasteiger charge is -2.08. The highest BCUT2D eigenvalue weighted by Gasteiger charge is 2.48. The molecule has 1 N–H and O–H groups in total. The van der Waals surface area contributed by atoms with Gasteiger partial charge in [-0.3, -0.25) is 4.79 Å². The molecule has 0 aliphatic heterocycles. The van der Waals surface area contributed by atoms with Gasteiger partial charge in [-0.2, -0.15) is 0 Å². The van der Waals surface area contributed by atoms with E-state index in [1.807, 2.05) is 18.2 Å². The number of ketones is 1. The largest absolute Gasteiger partial charge is 0.352 e. The molecule has 0 bridgehead atoms. The fraction of sp³-hybridized carbons (Fsp3) is 0.308. The van der Waals surface area contributed by atoms with Crippen LogP contribution in [0.25, 0.3) is 10.9 Å². The smallest absolute Gasteiger partial charge is 0.182 e. The minimum atomic E-state index is 0.338. The molecule has 4 rings (SSSR count). The molecule has 2 unspecified atom stereocenters. The predicted molar refractivity (Wildman–Crippen MR) is 57.9 cm³/mol. The molecule has 1 fully saturated rings. The van der Waals surface area contributed by atoms with Gasteiger partial charge in [0.15, 0.2) is 5.78 Å². The molecule has 74 valence electrons. The van der Waals surface area contributed by atoms with Crippen molar-refractivity contribution in [2.75, 3.05) is 0 Å². The van der Waals surface area contributed by atoms with Crippen LogP contribution >= 0.6 is 0 Å². The summed E-state index contributed by atoms with van der Waals surface area (Å²) in [4.78, 5) is 15.3. The van der Waals surface area contributed by atoms with E-state index in [4.69, 9.17) is 0 Å². The number of H-pyrrole nitrogens is 1. The van der Waals surface area contributed by atoms with E-state index < -0.39 is 0 Å². The molecule has 0 amide bonds. The van der Waals surface area contributed by atoms with Gasteiger partial charge in [0.2, 0.25) is 0 Å². The summed E-state index contributed by atoms with van der Waals surface area (Å²) in [7, 11) is 0. The number of hydrogen-bond donors (Lipinski definition) is 1. The lowest BCUT2D eigenvalue weighted by molar-refractivity contribution is 0.0950. The number of rotatable bonds is 0. The quantitative estimate of drug-likeness (QED) is 0.691. The lowest BCUT2D eigenvalue weighted by atomic mass is 9.95. The maximum Gasteiger partial charge on any atom is 0.182 e. The van der Waals surface area contributed by atoms with Crippen molar-refractivity contribution in [2.45, 2.75) is 12.8 Å². The Balaban J connectivity index is 2.07. The molecule has 1 heterocycles. The van der Waals surface area contributed by atoms with Crippen LogP contribution < -0.4 is 0 Å². The minimum Gasteiger partial charge on any atom is -0.352 e. The summed E-state index contributed by atoms with van der Waals surface area (Å²) in [6, 6.07) is 8.21. The molecular weight excluding hydrogens is 186 g/mol. The van der Waals surface area contributed by atoms with Crippen molar-refractivity contribution in [3.05, 3.63) is 35.5 Å². The van der Waals surface area contributed by atoms with E-state index >= 15 is 0 Å². The zero-order valence-electron chi connectivity index (χ0n) is 8.29. The molecule has 2 aliphatic rings. The highest BCUT2D eigenvalue weighted by Crippen LogP contribution is 2.49. The summed E-state index contributed by atoms with van der Waals surface area (Å²) in [5, 5.41) is 1.24. The average Bonchev–Trinajstić information content (AvgIpc) is 2.94. The molecule has 2 nitrogen and oxygen atoms in total. The molecule has 2 heteroatoms. The van der Waals surface area contributed by atoms with Crippen LogP contribution in [-0.4, -0.2) is 10.8 Å². The van der Waals surface area contributed by atoms with Crippen LogP contribution in [-0.2, 0) is 6.42 Å². The van der Waals surface area contributed by atoms with Gasteiger partial charge in [0.05, 0.1) is 5.69 Å². The van der Waals surface area contributed by atoms with Crippen molar-refractivity contribution >= 4 is 16.7 Å². The number of fused-ring (bicyclic) bond motifs is 4. The number of carbonyl (C=O) groups excluding carboxylic acids is 1. The van der Waals surface area contributed by atoms with Crippen molar-refractivity contribution in [1.82, 2.24) is 4.98 Å². The van der Waals surface area contributed by atoms with Gasteiger partial charge < -0.3 is 4.98 Å². The van der Waals surface area contributed by atoms with Gasteiger partial charge in [-0.15, -0.1) is 0 Å². The van der Waals surface area contributed by atoms with Crippen molar-refractivity contribution in [3.8, 4) is 0 Å². The highest BCUT2D eigenvalue weighted by atomic mass is 16.1. The Hall–Kier alpha value is -1.57. The van der Waals surface area contributed by atoms with Crippen LogP contribution in [0.3, 0.4) is 0 Å². The van der Waals surface area contributed by atoms with E-state index in [9.17, 15) is 4.79 Å². The number of carbonyl (C=O) groups is 1. The Kier molecular flexibility index (Phi) is 1.19. The molecular formula is C13H11NO. The van der Waals surface area contributed by atoms with Crippen LogP contribution in [0.1, 0.15) is 22.5 Å². The molecule has 1 saturated carbocycles. The summed E-state index contributed by atoms with van der Waals surface area (Å²) in [5.74, 6) is 1.33. The Morgan fingerprint density at radius 3 is 3.07 bits per heavy atom. The van der Waals surface area contributed by atoms with Gasteiger partial charge in [0.1, 0.15) is 0 Å². The Morgan fingerprint density at radius 2 is 2.13 bits per heavy atom. The SMILES string of the molecule is O=C1c2[nH]c3ccccc3c2CC2CC12. The second-order valence-electron chi connectivity index (χ2n) is 4.69. The summed E-state index contributed by atoms with van der Waals surface area (Å²) in [5.41, 5.74) is 3.25. The Bertz CT molecular complexity index is 581. The fourth-order valence-electron chi connectivity index (χ4n) is 2.86. The Labute approximate surface area is 87.3 Å². The third-order valence-corrected chi connectivity index (χ3v) is 3.79. The number of aromatic nitrogens is 1. The highest BCUT2D eigenvalue weighted by molar-refractivity contribution is 6.06. The van der Waals surface area contributed by atoms with Crippen molar-refractivity contribution in [3.63, 3.8) is 0 Å². The predicted octanol–water partition coefficient (Wildman–Crippen LogP) is 2.54. The number of para-hydroxylation sites is 1. The van der Waals surface area contributed by atoms with Gasteiger partial charge in [-0.05, 0) is 30.4 Å². The molecule has 0 spiro atoms. The maximum atomic E-state index is 12.0. The van der Waals surface area contributed by atoms with Crippen LogP contribution in [0, 0.1) is 11.8 Å².